The van der Waals surface area contributed by atoms with Crippen molar-refractivity contribution in [2.75, 3.05) is 0 Å². The van der Waals surface area contributed by atoms with Crippen LogP contribution in [0.3, 0.4) is 0 Å². The maximum atomic E-state index is 10.2. The maximum absolute atomic E-state index is 10.2. The minimum absolute atomic E-state index is 0.531. The highest BCUT2D eigenvalue weighted by Crippen LogP contribution is 2.65. The molecule has 0 fully saturated rings. The summed E-state index contributed by atoms with van der Waals surface area (Å²) in [5.74, 6) is 1.70. The zero-order valence-electron chi connectivity index (χ0n) is 27.7. The lowest BCUT2D eigenvalue weighted by atomic mass is 9.70. The highest BCUT2D eigenvalue weighted by atomic mass is 16.3. The van der Waals surface area contributed by atoms with Crippen LogP contribution in [0.4, 0.5) is 0 Å². The Bertz CT molecular complexity index is 2920. The van der Waals surface area contributed by atoms with Crippen LogP contribution >= 0.6 is 0 Å². The second-order valence-electron chi connectivity index (χ2n) is 13.4. The highest BCUT2D eigenvalue weighted by Gasteiger charge is 2.53. The van der Waals surface area contributed by atoms with Crippen LogP contribution in [0.25, 0.3) is 78.4 Å². The van der Waals surface area contributed by atoms with E-state index < -0.39 is 5.41 Å². The smallest absolute Gasteiger partial charge is 0.167 e. The summed E-state index contributed by atoms with van der Waals surface area (Å²) >= 11 is 0. The largest absolute Gasteiger partial charge is 0.455 e. The maximum Gasteiger partial charge on any atom is 0.167 e. The Morgan fingerprint density at radius 1 is 0.481 bits per heavy atom. The third kappa shape index (κ3) is 3.78. The minimum atomic E-state index is -0.691. The summed E-state index contributed by atoms with van der Waals surface area (Å²) in [7, 11) is 0. The van der Waals surface area contributed by atoms with Crippen LogP contribution in [-0.2, 0) is 5.41 Å². The molecule has 0 saturated heterocycles. The van der Waals surface area contributed by atoms with Crippen LogP contribution in [0.1, 0.15) is 27.8 Å². The van der Waals surface area contributed by atoms with Crippen molar-refractivity contribution >= 4 is 21.9 Å². The molecule has 2 aromatic heterocycles. The van der Waals surface area contributed by atoms with E-state index >= 15 is 0 Å². The number of rotatable bonds is 3. The fourth-order valence-electron chi connectivity index (χ4n) is 8.67. The Morgan fingerprint density at radius 3 is 1.77 bits per heavy atom. The van der Waals surface area contributed by atoms with Crippen LogP contribution < -0.4 is 0 Å². The molecule has 0 aliphatic heterocycles. The second kappa shape index (κ2) is 10.7. The van der Waals surface area contributed by atoms with Gasteiger partial charge < -0.3 is 4.42 Å². The third-order valence-electron chi connectivity index (χ3n) is 10.8. The molecule has 5 heteroatoms. The number of hydrogen-bond acceptors (Lipinski definition) is 5. The molecule has 0 radical (unpaired) electrons. The number of furan rings is 1. The lowest BCUT2D eigenvalue weighted by molar-refractivity contribution is 0.669. The second-order valence-corrected chi connectivity index (χ2v) is 13.4. The first kappa shape index (κ1) is 28.7. The summed E-state index contributed by atoms with van der Waals surface area (Å²) in [5, 5.41) is 12.2. The van der Waals surface area contributed by atoms with Crippen molar-refractivity contribution < 1.29 is 4.42 Å². The van der Waals surface area contributed by atoms with Gasteiger partial charge >= 0.3 is 0 Å². The van der Waals surface area contributed by atoms with E-state index in [0.717, 1.165) is 66.4 Å². The van der Waals surface area contributed by atoms with Crippen LogP contribution in [0, 0.1) is 11.3 Å². The van der Waals surface area contributed by atoms with Gasteiger partial charge in [0.15, 0.2) is 17.5 Å². The van der Waals surface area contributed by atoms with Crippen LogP contribution in [-0.4, -0.2) is 15.0 Å². The van der Waals surface area contributed by atoms with Gasteiger partial charge in [-0.05, 0) is 68.8 Å². The molecule has 2 aliphatic carbocycles. The van der Waals surface area contributed by atoms with E-state index in [1.807, 2.05) is 78.9 Å². The van der Waals surface area contributed by atoms with E-state index in [4.69, 9.17) is 19.4 Å². The van der Waals surface area contributed by atoms with Gasteiger partial charge in [-0.25, -0.2) is 15.0 Å². The van der Waals surface area contributed by atoms with E-state index in [2.05, 4.69) is 84.9 Å². The van der Waals surface area contributed by atoms with E-state index in [1.54, 1.807) is 0 Å². The molecule has 9 aromatic rings. The van der Waals surface area contributed by atoms with E-state index in [9.17, 15) is 5.26 Å². The molecule has 5 nitrogen and oxygen atoms in total. The van der Waals surface area contributed by atoms with Crippen LogP contribution in [0.2, 0.25) is 0 Å². The number of para-hydroxylation sites is 1. The Kier molecular flexibility index (Phi) is 5.88. The van der Waals surface area contributed by atoms with Gasteiger partial charge in [0.05, 0.1) is 22.6 Å². The average Bonchev–Trinajstić information content (AvgIpc) is 3.85. The lowest BCUT2D eigenvalue weighted by Gasteiger charge is -2.30. The molecule has 11 rings (SSSR count). The summed E-state index contributed by atoms with van der Waals surface area (Å²) in [4.78, 5) is 15.4. The molecular formula is C47H26N4O. The van der Waals surface area contributed by atoms with Gasteiger partial charge in [-0.3, -0.25) is 0 Å². The van der Waals surface area contributed by atoms with E-state index in [1.165, 1.54) is 16.7 Å². The molecule has 1 spiro atoms. The molecule has 2 aliphatic rings. The molecule has 1 unspecified atom stereocenters. The van der Waals surface area contributed by atoms with Gasteiger partial charge in [0.2, 0.25) is 0 Å². The summed E-state index contributed by atoms with van der Waals surface area (Å²) in [6, 6.07) is 56.5. The molecule has 52 heavy (non-hydrogen) atoms. The lowest BCUT2D eigenvalue weighted by Crippen LogP contribution is -2.26. The van der Waals surface area contributed by atoms with Crippen molar-refractivity contribution in [2.24, 2.45) is 0 Å². The standard InChI is InChI=1S/C47H26N4O/c48-27-28-23-24-32-31-17-7-10-20-36(31)47(38(32)25-28)37-21-11-8-18-33(37)41-39(47)26-35(43-42(41)34-19-9-12-22-40(34)52-43)46-50-44(29-13-3-1-4-14-29)49-45(51-46)30-15-5-2-6-16-30/h1-26H. The number of fused-ring (bicyclic) bond motifs is 14. The average molecular weight is 663 g/mol. The normalized spacial score (nSPS) is 15.0. The Balaban J connectivity index is 1.32. The third-order valence-corrected chi connectivity index (χ3v) is 10.8. The molecule has 240 valence electrons. The number of nitrogens with zero attached hydrogens (tertiary/aromatic N) is 4. The van der Waals surface area contributed by atoms with Gasteiger partial charge in [0, 0.05) is 21.9 Å². The molecule has 7 aromatic carbocycles. The predicted octanol–water partition coefficient (Wildman–Crippen LogP) is 11.0. The molecule has 0 bridgehead atoms. The van der Waals surface area contributed by atoms with Gasteiger partial charge in [-0.1, -0.05) is 133 Å². The van der Waals surface area contributed by atoms with Crippen molar-refractivity contribution in [1.82, 2.24) is 15.0 Å². The van der Waals surface area contributed by atoms with E-state index in [-0.39, 0.29) is 0 Å². The van der Waals surface area contributed by atoms with Gasteiger partial charge in [0.25, 0.3) is 0 Å². The number of benzene rings is 7. The van der Waals surface area contributed by atoms with Crippen molar-refractivity contribution in [3.63, 3.8) is 0 Å². The molecule has 1 atom stereocenters. The quantitative estimate of drug-likeness (QED) is 0.188. The monoisotopic (exact) mass is 662 g/mol. The summed E-state index contributed by atoms with van der Waals surface area (Å²) < 4.78 is 6.85. The van der Waals surface area contributed by atoms with Crippen LogP contribution in [0.5, 0.6) is 0 Å². The highest BCUT2D eigenvalue weighted by molar-refractivity contribution is 6.19. The first-order valence-electron chi connectivity index (χ1n) is 17.3. The number of aromatic nitrogens is 3. The molecule has 0 amide bonds. The molecular weight excluding hydrogens is 637 g/mol. The van der Waals surface area contributed by atoms with Gasteiger partial charge in [0.1, 0.15) is 11.2 Å². The van der Waals surface area contributed by atoms with Gasteiger partial charge in [-0.15, -0.1) is 0 Å². The summed E-state index contributed by atoms with van der Waals surface area (Å²) in [6.45, 7) is 0. The minimum Gasteiger partial charge on any atom is -0.455 e. The molecule has 2 heterocycles. The van der Waals surface area contributed by atoms with E-state index in [0.29, 0.717) is 23.0 Å². The van der Waals surface area contributed by atoms with Crippen molar-refractivity contribution in [1.29, 1.82) is 5.26 Å². The fourth-order valence-corrected chi connectivity index (χ4v) is 8.67. The summed E-state index contributed by atoms with van der Waals surface area (Å²) in [6.07, 6.45) is 0. The Morgan fingerprint density at radius 2 is 1.06 bits per heavy atom. The molecule has 0 saturated carbocycles. The van der Waals surface area contributed by atoms with Crippen molar-refractivity contribution in [2.45, 2.75) is 5.41 Å². The molecule has 0 N–H and O–H groups in total. The topological polar surface area (TPSA) is 75.6 Å². The number of nitriles is 1. The first-order chi connectivity index (χ1) is 25.7. The summed E-state index contributed by atoms with van der Waals surface area (Å²) in [5.41, 5.74) is 13.2. The van der Waals surface area contributed by atoms with Gasteiger partial charge in [-0.2, -0.15) is 5.26 Å². The predicted molar refractivity (Wildman–Crippen MR) is 204 cm³/mol. The van der Waals surface area contributed by atoms with Crippen molar-refractivity contribution in [3.8, 4) is 62.5 Å². The Labute approximate surface area is 299 Å². The fraction of sp³-hybridized carbons (Fsp3) is 0.0213. The number of hydrogen-bond donors (Lipinski definition) is 0. The zero-order chi connectivity index (χ0) is 34.4. The van der Waals surface area contributed by atoms with Crippen molar-refractivity contribution in [3.05, 3.63) is 186 Å². The van der Waals surface area contributed by atoms with Crippen LogP contribution in [0.15, 0.2) is 162 Å². The SMILES string of the molecule is N#Cc1ccc2c(c1)C1(c3ccccc3-2)c2ccccc2-c2c1cc(-c1nc(-c3ccccc3)nc(-c3ccccc3)n1)c1oc3ccccc3c21. The first-order valence-corrected chi connectivity index (χ1v) is 17.3. The Hall–Kier alpha value is -7.16. The zero-order valence-corrected chi connectivity index (χ0v) is 27.7.